The van der Waals surface area contributed by atoms with Gasteiger partial charge in [0.15, 0.2) is 54.9 Å². The molecule has 2 saturated heterocycles. The number of hydrogen-bond acceptors (Lipinski definition) is 37. The zero-order valence-electron chi connectivity index (χ0n) is 56.5. The Morgan fingerprint density at radius 3 is 0.895 bits per heavy atom. The van der Waals surface area contributed by atoms with E-state index in [1.54, 1.807) is 0 Å². The van der Waals surface area contributed by atoms with E-state index >= 15 is 0 Å². The highest BCUT2D eigenvalue weighted by molar-refractivity contribution is 6.99. The number of rotatable bonds is 33. The molecule has 2 aliphatic rings. The number of nitrogens with zero attached hydrogens (tertiary/aromatic N) is 6. The summed E-state index contributed by atoms with van der Waals surface area (Å²) in [5.41, 5.74) is -0.629. The number of morpholine rings is 2. The maximum absolute atomic E-state index is 12.9. The summed E-state index contributed by atoms with van der Waals surface area (Å²) in [5, 5.41) is 15.7. The smallest absolute Gasteiger partial charge is 0.347 e. The lowest BCUT2D eigenvalue weighted by Gasteiger charge is -2.28. The molecule has 3 N–H and O–H groups in total. The third-order valence-electron chi connectivity index (χ3n) is 12.6. The maximum atomic E-state index is 12.9. The predicted octanol–water partition coefficient (Wildman–Crippen LogP) is 0.893. The molecule has 37 heteroatoms. The van der Waals surface area contributed by atoms with Crippen molar-refractivity contribution in [2.45, 2.75) is 202 Å². The molecular formula is C58H90N8O27S2. The lowest BCUT2D eigenvalue weighted by atomic mass is 10.1. The van der Waals surface area contributed by atoms with Crippen LogP contribution in [0.25, 0.3) is 0 Å². The van der Waals surface area contributed by atoms with Gasteiger partial charge in [0.1, 0.15) is 31.5 Å². The Hall–Kier alpha value is -7.71. The normalized spacial score (nSPS) is 17.1. The summed E-state index contributed by atoms with van der Waals surface area (Å²) in [4.78, 5) is 139. The van der Waals surface area contributed by atoms with Gasteiger partial charge in [-0.05, 0) is 111 Å². The average molecular weight is 1400 g/mol. The Morgan fingerprint density at radius 2 is 0.653 bits per heavy atom. The number of esters is 11. The van der Waals surface area contributed by atoms with Crippen molar-refractivity contribution in [3.63, 3.8) is 0 Å². The highest BCUT2D eigenvalue weighted by Gasteiger charge is 2.35. The van der Waals surface area contributed by atoms with Crippen LogP contribution < -0.4 is 29.9 Å². The molecule has 4 heterocycles. The first-order chi connectivity index (χ1) is 44.3. The molecule has 4 rings (SSSR count). The largest absolute Gasteiger partial charge is 0.470 e. The fourth-order valence-electron chi connectivity index (χ4n) is 7.29. The molecule has 12 unspecified atom stereocenters. The second-order valence-corrected chi connectivity index (χ2v) is 24.6. The first-order valence-electron chi connectivity index (χ1n) is 30.3. The van der Waals surface area contributed by atoms with Crippen molar-refractivity contribution in [1.29, 1.82) is 0 Å². The number of aromatic nitrogens is 4. The van der Waals surface area contributed by atoms with E-state index in [9.17, 15) is 57.8 Å². The summed E-state index contributed by atoms with van der Waals surface area (Å²) in [6, 6.07) is 0. The Kier molecular flexibility index (Phi) is 33.8. The maximum Gasteiger partial charge on any atom is 0.347 e. The van der Waals surface area contributed by atoms with Gasteiger partial charge in [-0.2, -0.15) is 8.75 Å². The Bertz CT molecular complexity index is 2850. The van der Waals surface area contributed by atoms with Gasteiger partial charge in [-0.25, -0.2) is 47.9 Å². The summed E-state index contributed by atoms with van der Waals surface area (Å²) in [6.45, 7) is 29.9. The molecule has 0 amide bonds. The van der Waals surface area contributed by atoms with Crippen LogP contribution in [0.15, 0.2) is 0 Å². The van der Waals surface area contributed by atoms with E-state index in [4.69, 9.17) is 66.3 Å². The number of carbonyl (C=O) groups excluding carboxylic acids is 11. The van der Waals surface area contributed by atoms with Crippen LogP contribution in [0.1, 0.15) is 118 Å². The van der Waals surface area contributed by atoms with Gasteiger partial charge >= 0.3 is 65.7 Å². The molecule has 12 atom stereocenters. The third-order valence-corrected chi connectivity index (χ3v) is 13.6. The van der Waals surface area contributed by atoms with Crippen LogP contribution in [0.4, 0.5) is 11.6 Å². The van der Waals surface area contributed by atoms with E-state index in [0.29, 0.717) is 76.0 Å². The van der Waals surface area contributed by atoms with Gasteiger partial charge in [-0.3, -0.25) is 4.79 Å². The van der Waals surface area contributed by atoms with E-state index in [0.717, 1.165) is 37.3 Å². The molecular weight excluding hydrogens is 1300 g/mol. The highest BCUT2D eigenvalue weighted by Crippen LogP contribution is 2.28. The molecule has 35 nitrogen and oxygen atoms in total. The predicted molar refractivity (Wildman–Crippen MR) is 329 cm³/mol. The molecule has 2 fully saturated rings. The van der Waals surface area contributed by atoms with Crippen LogP contribution in [0, 0.1) is 0 Å². The van der Waals surface area contributed by atoms with Crippen LogP contribution in [-0.2, 0) is 114 Å². The van der Waals surface area contributed by atoms with Gasteiger partial charge in [-0.15, -0.1) is 8.75 Å². The molecule has 536 valence electrons. The second kappa shape index (κ2) is 39.4. The Morgan fingerprint density at radius 1 is 0.411 bits per heavy atom. The standard InChI is InChI=1S/C30H46N4O14S.C28H44N4O13S/c1-16(43-21(6)35)25(36)44-17(2)26(37)45-18(3)27(38)46-19(4)28(39)47-20(5)29(40)48-22(14-31-30(7,8)9)15-42-24-23(32-49-33-24)34-10-12-41-13-11-34;1-15(33)23(34)41-16(2)24(35)42-17(3)25(36)43-18(4)26(37)44-19(5)27(38)45-20(13-29-28(6,7)8)14-40-22-21(30-46-31-22)32-9-11-39-12-10-32/h16-20,22,31H,10-15H2,1-9H3;15-20,29,33H,9-14H2,1-8H3. The van der Waals surface area contributed by atoms with Crippen LogP contribution in [0.2, 0.25) is 0 Å². The quantitative estimate of drug-likeness (QED) is 0.0660. The number of carbonyl (C=O) groups is 11. The molecule has 2 aromatic heterocycles. The highest BCUT2D eigenvalue weighted by atomic mass is 32.1. The van der Waals surface area contributed by atoms with Crippen molar-refractivity contribution < 1.29 is 129 Å². The number of anilines is 2. The van der Waals surface area contributed by atoms with Crippen molar-refractivity contribution >= 4 is 101 Å². The molecule has 0 spiro atoms. The van der Waals surface area contributed by atoms with E-state index in [1.807, 2.05) is 51.3 Å². The molecule has 0 aliphatic carbocycles. The van der Waals surface area contributed by atoms with Crippen molar-refractivity contribution in [2.75, 3.05) is 88.7 Å². The second-order valence-electron chi connectivity index (χ2n) is 23.5. The van der Waals surface area contributed by atoms with Gasteiger partial charge in [0.2, 0.25) is 11.6 Å². The zero-order chi connectivity index (χ0) is 71.5. The molecule has 0 bridgehead atoms. The van der Waals surface area contributed by atoms with Crippen LogP contribution in [0.5, 0.6) is 11.8 Å². The number of aliphatic hydroxyl groups excluding tert-OH is 1. The summed E-state index contributed by atoms with van der Waals surface area (Å²) in [7, 11) is 0. The van der Waals surface area contributed by atoms with Gasteiger partial charge < -0.3 is 96.6 Å². The van der Waals surface area contributed by atoms with E-state index < -0.39 is 139 Å². The van der Waals surface area contributed by atoms with Gasteiger partial charge in [-0.1, -0.05) is 0 Å². The molecule has 95 heavy (non-hydrogen) atoms. The monoisotopic (exact) mass is 1390 g/mol. The minimum absolute atomic E-state index is 0.0697. The fraction of sp³-hybridized carbons (Fsp3) is 0.741. The zero-order valence-corrected chi connectivity index (χ0v) is 58.1. The van der Waals surface area contributed by atoms with E-state index in [2.05, 4.69) is 32.9 Å². The summed E-state index contributed by atoms with van der Waals surface area (Å²) in [6.07, 6.45) is -16.0. The number of hydrogen-bond donors (Lipinski definition) is 3. The van der Waals surface area contributed by atoms with Crippen LogP contribution >= 0.6 is 23.5 Å². The third kappa shape index (κ3) is 30.3. The molecule has 0 saturated carbocycles. The average Bonchev–Trinajstić information content (AvgIpc) is 1.90. The fourth-order valence-corrected chi connectivity index (χ4v) is 8.33. The van der Waals surface area contributed by atoms with Gasteiger partial charge in [0.25, 0.3) is 11.8 Å². The van der Waals surface area contributed by atoms with E-state index in [1.165, 1.54) is 62.3 Å². The minimum Gasteiger partial charge on any atom is -0.470 e. The molecule has 2 aliphatic heterocycles. The topological polar surface area (TPSA) is 429 Å². The number of ether oxygens (including phenoxy) is 15. The summed E-state index contributed by atoms with van der Waals surface area (Å²) >= 11 is 1.99. The van der Waals surface area contributed by atoms with Crippen molar-refractivity contribution in [2.24, 2.45) is 0 Å². The summed E-state index contributed by atoms with van der Waals surface area (Å²) < 4.78 is 95.4. The molecule has 0 radical (unpaired) electrons. The summed E-state index contributed by atoms with van der Waals surface area (Å²) in [5.74, 6) is -9.29. The van der Waals surface area contributed by atoms with E-state index in [-0.39, 0.29) is 37.4 Å². The minimum atomic E-state index is -1.51. The first kappa shape index (κ1) is 81.5. The van der Waals surface area contributed by atoms with Crippen LogP contribution in [-0.4, -0.2) is 251 Å². The van der Waals surface area contributed by atoms with Crippen molar-refractivity contribution in [1.82, 2.24) is 28.1 Å². The van der Waals surface area contributed by atoms with Crippen molar-refractivity contribution in [3.05, 3.63) is 0 Å². The van der Waals surface area contributed by atoms with Gasteiger partial charge in [0.05, 0.1) is 49.9 Å². The number of aliphatic hydroxyl groups is 1. The van der Waals surface area contributed by atoms with Crippen LogP contribution in [0.3, 0.4) is 0 Å². The van der Waals surface area contributed by atoms with Crippen molar-refractivity contribution in [3.8, 4) is 11.8 Å². The first-order valence-corrected chi connectivity index (χ1v) is 31.8. The SMILES string of the molecule is CC(=O)OC(C)C(=O)OC(C)C(=O)OC(C)C(=O)OC(C)C(=O)OC(C)C(=O)OC(CNC(C)(C)C)COc1nsnc1N1CCOCC1.CC(O)C(=O)OC(C)C(=O)OC(C)C(=O)OC(C)C(=O)OC(C)C(=O)OC(CNC(C)(C)C)COc1nsnc1N1CCOCC1. The number of nitrogens with one attached hydrogen (secondary N) is 2. The lowest BCUT2D eigenvalue weighted by molar-refractivity contribution is -0.187. The molecule has 0 aromatic carbocycles. The van der Waals surface area contributed by atoms with Gasteiger partial charge in [0, 0.05) is 57.3 Å². The Labute approximate surface area is 558 Å². The molecule has 2 aromatic rings. The Balaban J connectivity index is 0.000000496. The lowest BCUT2D eigenvalue weighted by Crippen LogP contribution is -2.45.